The monoisotopic (exact) mass is 258 g/mol. The Morgan fingerprint density at radius 3 is 2.89 bits per heavy atom. The zero-order chi connectivity index (χ0) is 13.4. The standard InChI is InChI=1S/C12H22N2O4/c1-18-8-10(12(16)17)14-11(15)5-4-9-3-2-6-13-7-9/h9-10,13H,2-8H2,1H3,(H,14,15)(H,16,17). The van der Waals surface area contributed by atoms with Crippen molar-refractivity contribution in [2.24, 2.45) is 5.92 Å². The molecule has 1 heterocycles. The maximum Gasteiger partial charge on any atom is 0.328 e. The summed E-state index contributed by atoms with van der Waals surface area (Å²) in [4.78, 5) is 22.5. The quantitative estimate of drug-likeness (QED) is 0.597. The molecule has 1 saturated heterocycles. The van der Waals surface area contributed by atoms with Crippen molar-refractivity contribution in [2.45, 2.75) is 31.7 Å². The van der Waals surface area contributed by atoms with E-state index in [1.54, 1.807) is 0 Å². The van der Waals surface area contributed by atoms with Crippen molar-refractivity contribution in [3.8, 4) is 0 Å². The lowest BCUT2D eigenvalue weighted by molar-refractivity contribution is -0.143. The minimum Gasteiger partial charge on any atom is -0.480 e. The van der Waals surface area contributed by atoms with E-state index in [9.17, 15) is 9.59 Å². The minimum atomic E-state index is -1.07. The van der Waals surface area contributed by atoms with Crippen LogP contribution >= 0.6 is 0 Å². The molecule has 2 atom stereocenters. The van der Waals surface area contributed by atoms with E-state index >= 15 is 0 Å². The van der Waals surface area contributed by atoms with Crippen LogP contribution in [0.3, 0.4) is 0 Å². The lowest BCUT2D eigenvalue weighted by atomic mass is 9.94. The van der Waals surface area contributed by atoms with Gasteiger partial charge in [0.1, 0.15) is 0 Å². The molecule has 0 aromatic rings. The van der Waals surface area contributed by atoms with Crippen LogP contribution < -0.4 is 10.6 Å². The van der Waals surface area contributed by atoms with Gasteiger partial charge in [0.15, 0.2) is 6.04 Å². The fourth-order valence-electron chi connectivity index (χ4n) is 2.11. The van der Waals surface area contributed by atoms with Crippen LogP contribution in [0.4, 0.5) is 0 Å². The van der Waals surface area contributed by atoms with Gasteiger partial charge >= 0.3 is 5.97 Å². The first-order valence-corrected chi connectivity index (χ1v) is 6.35. The maximum absolute atomic E-state index is 11.6. The van der Waals surface area contributed by atoms with E-state index < -0.39 is 12.0 Å². The number of carboxylic acid groups (broad SMARTS) is 1. The van der Waals surface area contributed by atoms with Crippen molar-refractivity contribution in [1.29, 1.82) is 0 Å². The molecule has 1 fully saturated rings. The van der Waals surface area contributed by atoms with Crippen molar-refractivity contribution in [2.75, 3.05) is 26.8 Å². The largest absolute Gasteiger partial charge is 0.480 e. The average Bonchev–Trinajstić information content (AvgIpc) is 2.37. The fraction of sp³-hybridized carbons (Fsp3) is 0.833. The molecule has 0 spiro atoms. The number of rotatable bonds is 7. The zero-order valence-electron chi connectivity index (χ0n) is 10.8. The highest BCUT2D eigenvalue weighted by Crippen LogP contribution is 2.15. The third-order valence-electron chi connectivity index (χ3n) is 3.15. The summed E-state index contributed by atoms with van der Waals surface area (Å²) in [7, 11) is 1.41. The number of carbonyl (C=O) groups is 2. The highest BCUT2D eigenvalue weighted by atomic mass is 16.5. The van der Waals surface area contributed by atoms with Crippen LogP contribution in [0.5, 0.6) is 0 Å². The molecule has 6 nitrogen and oxygen atoms in total. The molecular formula is C12H22N2O4. The third-order valence-corrected chi connectivity index (χ3v) is 3.15. The number of piperidine rings is 1. The number of carbonyl (C=O) groups excluding carboxylic acids is 1. The highest BCUT2D eigenvalue weighted by molar-refractivity contribution is 5.83. The van der Waals surface area contributed by atoms with E-state index in [1.807, 2.05) is 0 Å². The molecule has 6 heteroatoms. The number of ether oxygens (including phenoxy) is 1. The smallest absolute Gasteiger partial charge is 0.328 e. The van der Waals surface area contributed by atoms with Gasteiger partial charge in [0.2, 0.25) is 5.91 Å². The Balaban J connectivity index is 2.24. The summed E-state index contributed by atoms with van der Waals surface area (Å²) in [5, 5.41) is 14.6. The summed E-state index contributed by atoms with van der Waals surface area (Å²) in [5.74, 6) is -0.759. The number of hydrogen-bond acceptors (Lipinski definition) is 4. The number of hydrogen-bond donors (Lipinski definition) is 3. The molecule has 2 unspecified atom stereocenters. The van der Waals surface area contributed by atoms with Gasteiger partial charge in [0.05, 0.1) is 6.61 Å². The van der Waals surface area contributed by atoms with E-state index in [-0.39, 0.29) is 12.5 Å². The predicted octanol–water partition coefficient (Wildman–Crippen LogP) is -0.0180. The van der Waals surface area contributed by atoms with Crippen LogP contribution in [-0.4, -0.2) is 49.8 Å². The molecule has 1 rings (SSSR count). The van der Waals surface area contributed by atoms with Gasteiger partial charge in [-0.05, 0) is 38.3 Å². The Labute approximate surface area is 107 Å². The van der Waals surface area contributed by atoms with E-state index in [2.05, 4.69) is 10.6 Å². The second kappa shape index (κ2) is 8.05. The molecule has 0 saturated carbocycles. The summed E-state index contributed by atoms with van der Waals surface area (Å²) >= 11 is 0. The normalized spacial score (nSPS) is 21.3. The van der Waals surface area contributed by atoms with Crippen LogP contribution in [0.2, 0.25) is 0 Å². The summed E-state index contributed by atoms with van der Waals surface area (Å²) in [6, 6.07) is -0.952. The molecule has 18 heavy (non-hydrogen) atoms. The Morgan fingerprint density at radius 2 is 2.33 bits per heavy atom. The summed E-state index contributed by atoms with van der Waals surface area (Å²) in [6.07, 6.45) is 3.46. The molecule has 0 radical (unpaired) electrons. The Morgan fingerprint density at radius 1 is 1.56 bits per heavy atom. The van der Waals surface area contributed by atoms with E-state index in [0.717, 1.165) is 32.4 Å². The summed E-state index contributed by atoms with van der Waals surface area (Å²) in [5.41, 5.74) is 0. The van der Waals surface area contributed by atoms with Crippen molar-refractivity contribution >= 4 is 11.9 Å². The topological polar surface area (TPSA) is 87.7 Å². The maximum atomic E-state index is 11.6. The molecule has 0 aromatic heterocycles. The fourth-order valence-corrected chi connectivity index (χ4v) is 2.11. The molecule has 0 bridgehead atoms. The first-order chi connectivity index (χ1) is 8.63. The molecular weight excluding hydrogens is 236 g/mol. The molecule has 1 aliphatic heterocycles. The number of methoxy groups -OCH3 is 1. The van der Waals surface area contributed by atoms with Gasteiger partial charge in [-0.3, -0.25) is 4.79 Å². The van der Waals surface area contributed by atoms with Gasteiger partial charge in [-0.15, -0.1) is 0 Å². The molecule has 0 aromatic carbocycles. The summed E-state index contributed by atoms with van der Waals surface area (Å²) in [6.45, 7) is 2.00. The van der Waals surface area contributed by atoms with Crippen molar-refractivity contribution in [3.63, 3.8) is 0 Å². The van der Waals surface area contributed by atoms with Crippen molar-refractivity contribution < 1.29 is 19.4 Å². The Kier molecular flexibility index (Phi) is 6.67. The SMILES string of the molecule is COCC(NC(=O)CCC1CCCNC1)C(=O)O. The van der Waals surface area contributed by atoms with E-state index in [0.29, 0.717) is 12.3 Å². The van der Waals surface area contributed by atoms with Crippen molar-refractivity contribution in [3.05, 3.63) is 0 Å². The van der Waals surface area contributed by atoms with Crippen LogP contribution in [0.25, 0.3) is 0 Å². The van der Waals surface area contributed by atoms with Gasteiger partial charge in [0, 0.05) is 13.5 Å². The van der Waals surface area contributed by atoms with Gasteiger partial charge in [-0.25, -0.2) is 4.79 Å². The van der Waals surface area contributed by atoms with Gasteiger partial charge in [-0.2, -0.15) is 0 Å². The molecule has 1 aliphatic rings. The highest BCUT2D eigenvalue weighted by Gasteiger charge is 2.20. The van der Waals surface area contributed by atoms with Crippen molar-refractivity contribution in [1.82, 2.24) is 10.6 Å². The second-order valence-electron chi connectivity index (χ2n) is 4.66. The van der Waals surface area contributed by atoms with Gasteiger partial charge < -0.3 is 20.5 Å². The first kappa shape index (κ1) is 14.9. The third kappa shape index (κ3) is 5.46. The Hall–Kier alpha value is -1.14. The molecule has 104 valence electrons. The lowest BCUT2D eigenvalue weighted by Gasteiger charge is -2.22. The molecule has 3 N–H and O–H groups in total. The summed E-state index contributed by atoms with van der Waals surface area (Å²) < 4.78 is 4.76. The van der Waals surface area contributed by atoms with Gasteiger partial charge in [-0.1, -0.05) is 0 Å². The van der Waals surface area contributed by atoms with E-state index in [1.165, 1.54) is 7.11 Å². The van der Waals surface area contributed by atoms with Crippen LogP contribution in [0, 0.1) is 5.92 Å². The number of amides is 1. The minimum absolute atomic E-state index is 0.00788. The van der Waals surface area contributed by atoms with Gasteiger partial charge in [0.25, 0.3) is 0 Å². The van der Waals surface area contributed by atoms with Crippen LogP contribution in [0.1, 0.15) is 25.7 Å². The molecule has 1 amide bonds. The number of nitrogens with one attached hydrogen (secondary N) is 2. The zero-order valence-corrected chi connectivity index (χ0v) is 10.8. The molecule has 0 aliphatic carbocycles. The first-order valence-electron chi connectivity index (χ1n) is 6.35. The Bertz CT molecular complexity index is 277. The van der Waals surface area contributed by atoms with Crippen LogP contribution in [0.15, 0.2) is 0 Å². The predicted molar refractivity (Wildman–Crippen MR) is 66.3 cm³/mol. The lowest BCUT2D eigenvalue weighted by Crippen LogP contribution is -2.44. The number of aliphatic carboxylic acids is 1. The second-order valence-corrected chi connectivity index (χ2v) is 4.66. The van der Waals surface area contributed by atoms with Crippen LogP contribution in [-0.2, 0) is 14.3 Å². The average molecular weight is 258 g/mol. The number of carboxylic acids is 1. The van der Waals surface area contributed by atoms with E-state index in [4.69, 9.17) is 9.84 Å².